The van der Waals surface area contributed by atoms with Gasteiger partial charge in [-0.3, -0.25) is 9.59 Å². The average Bonchev–Trinajstić information content (AvgIpc) is 3.41. The molecule has 0 fully saturated rings. The van der Waals surface area contributed by atoms with Gasteiger partial charge >= 0.3 is 0 Å². The van der Waals surface area contributed by atoms with Crippen molar-refractivity contribution >= 4 is 22.7 Å². The normalized spacial score (nSPS) is 16.2. The van der Waals surface area contributed by atoms with E-state index in [0.717, 1.165) is 12.1 Å². The number of phenolic OH excluding ortho intramolecular Hbond substituents is 6. The summed E-state index contributed by atoms with van der Waals surface area (Å²) in [5, 5.41) is 60.5. The van der Waals surface area contributed by atoms with E-state index in [-0.39, 0.29) is 67.9 Å². The van der Waals surface area contributed by atoms with Crippen molar-refractivity contribution < 1.29 is 49.7 Å². The Balaban J connectivity index is 1.71. The van der Waals surface area contributed by atoms with Gasteiger partial charge < -0.3 is 40.1 Å². The monoisotopic (exact) mass is 538 g/mol. The second-order valence-electron chi connectivity index (χ2n) is 9.04. The van der Waals surface area contributed by atoms with E-state index in [1.165, 1.54) is 60.7 Å². The molecule has 40 heavy (non-hydrogen) atoms. The van der Waals surface area contributed by atoms with Crippen molar-refractivity contribution in [3.63, 3.8) is 0 Å². The van der Waals surface area contributed by atoms with E-state index < -0.39 is 34.6 Å². The van der Waals surface area contributed by atoms with Crippen LogP contribution in [0, 0.1) is 0 Å². The van der Waals surface area contributed by atoms with E-state index >= 15 is 0 Å². The molecule has 0 saturated heterocycles. The van der Waals surface area contributed by atoms with Gasteiger partial charge in [0.1, 0.15) is 23.0 Å². The summed E-state index contributed by atoms with van der Waals surface area (Å²) >= 11 is 0. The average molecular weight is 538 g/mol. The third-order valence-electron chi connectivity index (χ3n) is 6.49. The molecule has 0 atom stereocenters. The molecule has 0 amide bonds. The molecule has 4 aromatic rings. The molecular weight excluding hydrogens is 520 g/mol. The molecule has 2 aliphatic rings. The van der Waals surface area contributed by atoms with Crippen molar-refractivity contribution in [1.29, 1.82) is 0 Å². The van der Waals surface area contributed by atoms with E-state index in [1.54, 1.807) is 0 Å². The van der Waals surface area contributed by atoms with Gasteiger partial charge in [0.15, 0.2) is 34.5 Å². The van der Waals surface area contributed by atoms with Gasteiger partial charge in [0.05, 0.1) is 11.1 Å². The number of carbonyl (C=O) groups is 2. The first-order chi connectivity index (χ1) is 19.1. The SMILES string of the molecule is O=C1/C(=C(/C(=C2/Oc3cc(O)ccc3C2=O)c2ccc(O)c(O)c2)c2ccc(O)c(O)c2)Oc2cc(O)ccc21. The Labute approximate surface area is 225 Å². The van der Waals surface area contributed by atoms with Gasteiger partial charge in [-0.25, -0.2) is 0 Å². The maximum Gasteiger partial charge on any atom is 0.232 e. The van der Waals surface area contributed by atoms with E-state index in [9.17, 15) is 40.2 Å². The number of phenols is 6. The third kappa shape index (κ3) is 3.82. The number of benzene rings is 4. The Bertz CT molecular complexity index is 1710. The Hall–Kier alpha value is -5.90. The van der Waals surface area contributed by atoms with Crippen LogP contribution in [-0.2, 0) is 0 Å². The Morgan fingerprint density at radius 1 is 0.475 bits per heavy atom. The van der Waals surface area contributed by atoms with Gasteiger partial charge in [0.2, 0.25) is 11.6 Å². The van der Waals surface area contributed by atoms with Crippen LogP contribution in [0.4, 0.5) is 0 Å². The molecule has 0 saturated carbocycles. The van der Waals surface area contributed by atoms with E-state index in [0.29, 0.717) is 0 Å². The van der Waals surface area contributed by atoms with Crippen LogP contribution in [0.1, 0.15) is 31.8 Å². The molecule has 10 nitrogen and oxygen atoms in total. The van der Waals surface area contributed by atoms with E-state index in [2.05, 4.69) is 0 Å². The van der Waals surface area contributed by atoms with Crippen LogP contribution < -0.4 is 9.47 Å². The summed E-state index contributed by atoms with van der Waals surface area (Å²) in [5.74, 6) is -4.12. The number of hydrogen-bond acceptors (Lipinski definition) is 10. The van der Waals surface area contributed by atoms with Crippen LogP contribution in [0.15, 0.2) is 84.3 Å². The fourth-order valence-corrected chi connectivity index (χ4v) is 4.59. The highest BCUT2D eigenvalue weighted by atomic mass is 16.5. The minimum atomic E-state index is -0.626. The van der Waals surface area contributed by atoms with E-state index in [4.69, 9.17) is 9.47 Å². The third-order valence-corrected chi connectivity index (χ3v) is 6.49. The molecule has 0 aliphatic carbocycles. The molecule has 10 heteroatoms. The van der Waals surface area contributed by atoms with Crippen LogP contribution in [-0.4, -0.2) is 42.2 Å². The quantitative estimate of drug-likeness (QED) is 0.160. The highest BCUT2D eigenvalue weighted by Gasteiger charge is 2.38. The molecule has 6 N–H and O–H groups in total. The number of ketones is 2. The maximum absolute atomic E-state index is 13.6. The lowest BCUT2D eigenvalue weighted by Crippen LogP contribution is -2.10. The second kappa shape index (κ2) is 8.84. The molecule has 6 rings (SSSR count). The summed E-state index contributed by atoms with van der Waals surface area (Å²) in [4.78, 5) is 27.3. The van der Waals surface area contributed by atoms with Crippen molar-refractivity contribution in [2.75, 3.05) is 0 Å². The number of carbonyl (C=O) groups excluding carboxylic acids is 2. The zero-order valence-electron chi connectivity index (χ0n) is 20.2. The molecule has 0 aromatic heterocycles. The predicted molar refractivity (Wildman–Crippen MR) is 140 cm³/mol. The van der Waals surface area contributed by atoms with E-state index in [1.807, 2.05) is 0 Å². The fraction of sp³-hybridized carbons (Fsp3) is 0. The number of rotatable bonds is 3. The highest BCUT2D eigenvalue weighted by molar-refractivity contribution is 6.27. The predicted octanol–water partition coefficient (Wildman–Crippen LogP) is 4.59. The lowest BCUT2D eigenvalue weighted by molar-refractivity contribution is 0.100. The van der Waals surface area contributed by atoms with Crippen LogP contribution in [0.3, 0.4) is 0 Å². The van der Waals surface area contributed by atoms with Gasteiger partial charge in [-0.05, 0) is 59.7 Å². The summed E-state index contributed by atoms with van der Waals surface area (Å²) in [5.41, 5.74) is 0.306. The van der Waals surface area contributed by atoms with Gasteiger partial charge in [-0.2, -0.15) is 0 Å². The molecule has 0 radical (unpaired) electrons. The number of allylic oxidation sites excluding steroid dienone is 4. The molecule has 2 heterocycles. The first kappa shape index (κ1) is 24.4. The summed E-state index contributed by atoms with van der Waals surface area (Å²) in [7, 11) is 0. The minimum Gasteiger partial charge on any atom is -0.508 e. The molecule has 0 unspecified atom stereocenters. The lowest BCUT2D eigenvalue weighted by atomic mass is 9.87. The molecule has 0 spiro atoms. The Morgan fingerprint density at radius 2 is 0.875 bits per heavy atom. The van der Waals surface area contributed by atoms with Gasteiger partial charge in [-0.1, -0.05) is 12.1 Å². The maximum atomic E-state index is 13.6. The largest absolute Gasteiger partial charge is 0.508 e. The summed E-state index contributed by atoms with van der Waals surface area (Å²) < 4.78 is 11.8. The minimum absolute atomic E-state index is 0.0327. The van der Waals surface area contributed by atoms with Crippen LogP contribution in [0.2, 0.25) is 0 Å². The standard InChI is InChI=1S/C30H18O10/c31-15-3-5-17-23(11-15)39-29(27(17)37)25(13-1-7-19(33)21(35)9-13)26(14-2-8-20(34)22(36)10-14)30-28(38)18-6-4-16(32)12-24(18)40-30/h1-12,31-36H/b29-25-,30-26+. The highest BCUT2D eigenvalue weighted by Crippen LogP contribution is 2.47. The number of hydrogen-bond donors (Lipinski definition) is 6. The first-order valence-corrected chi connectivity index (χ1v) is 11.8. The van der Waals surface area contributed by atoms with Gasteiger partial charge in [0, 0.05) is 23.3 Å². The number of ether oxygens (including phenoxy) is 2. The Kier molecular flexibility index (Phi) is 5.40. The van der Waals surface area contributed by atoms with Crippen LogP contribution >= 0.6 is 0 Å². The molecule has 0 bridgehead atoms. The summed E-state index contributed by atoms with van der Waals surface area (Å²) in [6.45, 7) is 0. The number of aromatic hydroxyl groups is 6. The zero-order chi connectivity index (χ0) is 28.3. The number of fused-ring (bicyclic) bond motifs is 2. The topological polar surface area (TPSA) is 174 Å². The summed E-state index contributed by atoms with van der Waals surface area (Å²) in [6, 6.07) is 15.2. The van der Waals surface area contributed by atoms with Crippen molar-refractivity contribution in [3.8, 4) is 46.0 Å². The molecule has 4 aromatic carbocycles. The zero-order valence-corrected chi connectivity index (χ0v) is 20.2. The molecular formula is C30H18O10. The van der Waals surface area contributed by atoms with Crippen LogP contribution in [0.5, 0.6) is 46.0 Å². The van der Waals surface area contributed by atoms with Crippen molar-refractivity contribution in [2.24, 2.45) is 0 Å². The lowest BCUT2D eigenvalue weighted by Gasteiger charge is -2.18. The number of Topliss-reactive ketones (excluding diaryl/α,β-unsaturated/α-hetero) is 2. The summed E-state index contributed by atoms with van der Waals surface area (Å²) in [6.07, 6.45) is 0. The van der Waals surface area contributed by atoms with Gasteiger partial charge in [0.25, 0.3) is 0 Å². The molecule has 198 valence electrons. The Morgan fingerprint density at radius 3 is 1.25 bits per heavy atom. The van der Waals surface area contributed by atoms with Crippen LogP contribution in [0.25, 0.3) is 11.1 Å². The van der Waals surface area contributed by atoms with Crippen molar-refractivity contribution in [3.05, 3.63) is 107 Å². The molecule has 2 aliphatic heterocycles. The fourth-order valence-electron chi connectivity index (χ4n) is 4.59. The van der Waals surface area contributed by atoms with Crippen molar-refractivity contribution in [2.45, 2.75) is 0 Å². The second-order valence-corrected chi connectivity index (χ2v) is 9.04. The van der Waals surface area contributed by atoms with Crippen molar-refractivity contribution in [1.82, 2.24) is 0 Å². The van der Waals surface area contributed by atoms with Gasteiger partial charge in [-0.15, -0.1) is 0 Å². The first-order valence-electron chi connectivity index (χ1n) is 11.8. The smallest absolute Gasteiger partial charge is 0.232 e.